The molecule has 1 heterocycles. The van der Waals surface area contributed by atoms with Gasteiger partial charge in [-0.15, -0.1) is 5.06 Å². The molecule has 132 heavy (non-hydrogen) atoms. The van der Waals surface area contributed by atoms with Gasteiger partial charge in [-0.1, -0.05) is 86.3 Å². The molecule has 5 aromatic carbocycles. The number of fused-ring (bicyclic) bond motifs is 6. The number of nitrogens with zero attached hydrogens (tertiary/aromatic N) is 1. The molecule has 0 radical (unpaired) electrons. The van der Waals surface area contributed by atoms with Crippen molar-refractivity contribution < 1.29 is 142 Å². The average Bonchev–Trinajstić information content (AvgIpc) is 1.56. The Hall–Kier alpha value is -7.00. The number of methoxy groups -OCH3 is 2. The lowest BCUT2D eigenvalue weighted by Gasteiger charge is -2.33. The van der Waals surface area contributed by atoms with Gasteiger partial charge in [0.15, 0.2) is 0 Å². The van der Waals surface area contributed by atoms with E-state index in [1.807, 2.05) is 12.1 Å². The number of carbonyl (C=O) groups is 4. The van der Waals surface area contributed by atoms with E-state index in [0.717, 1.165) is 49.0 Å². The van der Waals surface area contributed by atoms with E-state index in [1.165, 1.54) is 55.6 Å². The minimum atomic E-state index is -0.814. The highest BCUT2D eigenvalue weighted by Gasteiger charge is 2.43. The predicted molar refractivity (Wildman–Crippen MR) is 498 cm³/mol. The number of nitrogens with one attached hydrogen (secondary N) is 2. The van der Waals surface area contributed by atoms with Crippen LogP contribution in [-0.4, -0.2) is 360 Å². The number of unbranched alkanes of at least 4 members (excludes halogenated alkanes) is 1. The molecule has 744 valence electrons. The van der Waals surface area contributed by atoms with E-state index in [1.54, 1.807) is 14.2 Å². The third-order valence-electron chi connectivity index (χ3n) is 20.7. The maximum atomic E-state index is 12.5. The van der Waals surface area contributed by atoms with Crippen LogP contribution in [0.4, 0.5) is 0 Å². The topological polar surface area (TPSA) is 382 Å². The molecule has 1 fully saturated rings. The zero-order valence-electron chi connectivity index (χ0n) is 77.3. The van der Waals surface area contributed by atoms with Gasteiger partial charge in [0.1, 0.15) is 5.75 Å². The molecule has 8 rings (SSSR count). The maximum Gasteiger partial charge on any atom is 0.333 e. The minimum Gasteiger partial charge on any atom is -0.494 e. The fraction of sp³-hybridized carbons (Fsp3) is 0.649. The third-order valence-corrected chi connectivity index (χ3v) is 20.7. The van der Waals surface area contributed by atoms with Crippen molar-refractivity contribution in [2.75, 3.05) is 331 Å². The van der Waals surface area contributed by atoms with Crippen LogP contribution >= 0.6 is 0 Å². The number of ether oxygens (including phenoxy) is 25. The van der Waals surface area contributed by atoms with Crippen LogP contribution in [0.1, 0.15) is 93.9 Å². The molecular weight excluding hydrogens is 1730 g/mol. The molecule has 0 bridgehead atoms. The van der Waals surface area contributed by atoms with Crippen molar-refractivity contribution in [3.63, 3.8) is 0 Å². The van der Waals surface area contributed by atoms with Crippen molar-refractivity contribution in [3.05, 3.63) is 125 Å². The first kappa shape index (κ1) is 115. The van der Waals surface area contributed by atoms with Crippen LogP contribution in [0.2, 0.25) is 0 Å². The van der Waals surface area contributed by atoms with Gasteiger partial charge in [-0.2, -0.15) is 0 Å². The molecule has 34 nitrogen and oxygen atoms in total. The first-order valence-electron chi connectivity index (χ1n) is 45.7. The summed E-state index contributed by atoms with van der Waals surface area (Å²) >= 11 is 3.33. The van der Waals surface area contributed by atoms with E-state index in [2.05, 4.69) is 109 Å². The van der Waals surface area contributed by atoms with Crippen LogP contribution in [0.5, 0.6) is 5.75 Å². The van der Waals surface area contributed by atoms with Crippen LogP contribution in [0.25, 0.3) is 44.5 Å². The molecule has 0 spiro atoms. The second-order valence-electron chi connectivity index (χ2n) is 29.9. The van der Waals surface area contributed by atoms with Crippen LogP contribution in [-0.2, 0) is 162 Å². The molecule has 3 aliphatic rings. The summed E-state index contributed by atoms with van der Waals surface area (Å²) in [7, 11) is 3.29. The van der Waals surface area contributed by atoms with Gasteiger partial charge in [-0.05, 0) is 136 Å². The number of hydroxylamine groups is 2. The Labute approximate surface area is 786 Å². The SMILES string of the molecule is C.COCCOCCOCCOCCOCCOCCOCCOCCOCCOCCOCCOCCCC1(CCCOCCOCCOCCOCCOCCOCCOCCOCCOCCOCCOCCOC)c2cc(-c3ccc(OCCCCNC(=O)CCC(=O)ON4C(=O)CCC4=O)cc3)ccc2-c2ccc(-c3ccc4c(c3)Cc3ccccc3-4)cc21.N.N=S. The van der Waals surface area contributed by atoms with Gasteiger partial charge >= 0.3 is 5.97 Å². The molecule has 5 N–H and O–H groups in total. The van der Waals surface area contributed by atoms with Crippen molar-refractivity contribution in [1.29, 1.82) is 4.78 Å². The van der Waals surface area contributed by atoms with Gasteiger partial charge in [0.25, 0.3) is 11.8 Å². The van der Waals surface area contributed by atoms with Crippen molar-refractivity contribution in [3.8, 4) is 50.3 Å². The van der Waals surface area contributed by atoms with Crippen molar-refractivity contribution in [2.45, 2.75) is 83.5 Å². The molecule has 0 aromatic heterocycles. The second kappa shape index (κ2) is 77.1. The summed E-state index contributed by atoms with van der Waals surface area (Å²) in [5.41, 5.74) is 14.4. The monoisotopic (exact) mass is 1880 g/mol. The summed E-state index contributed by atoms with van der Waals surface area (Å²) in [6, 6.07) is 37.8. The quantitative estimate of drug-likeness (QED) is 0.0236. The number of rotatable bonds is 86. The zero-order valence-corrected chi connectivity index (χ0v) is 78.2. The van der Waals surface area contributed by atoms with Crippen LogP contribution in [0, 0.1) is 4.78 Å². The van der Waals surface area contributed by atoms with Crippen molar-refractivity contribution >= 4 is 36.1 Å². The molecule has 1 saturated heterocycles. The Kier molecular flexibility index (Phi) is 67.5. The third kappa shape index (κ3) is 48.6. The average molecular weight is 1880 g/mol. The maximum absolute atomic E-state index is 12.5. The Balaban J connectivity index is 0.00000765. The summed E-state index contributed by atoms with van der Waals surface area (Å²) in [6.07, 6.45) is 5.07. The number of benzene rings is 5. The molecule has 5 aromatic rings. The predicted octanol–water partition coefficient (Wildman–Crippen LogP) is 10.8. The smallest absolute Gasteiger partial charge is 0.333 e. The summed E-state index contributed by atoms with van der Waals surface area (Å²) in [4.78, 5) is 53.2. The van der Waals surface area contributed by atoms with Gasteiger partial charge < -0.3 is 135 Å². The highest BCUT2D eigenvalue weighted by Crippen LogP contribution is 2.56. The first-order chi connectivity index (χ1) is 64.3. The van der Waals surface area contributed by atoms with Crippen molar-refractivity contribution in [1.82, 2.24) is 16.5 Å². The lowest BCUT2D eigenvalue weighted by atomic mass is 9.70. The number of imide groups is 1. The summed E-state index contributed by atoms with van der Waals surface area (Å²) in [5.74, 6) is -1.55. The highest BCUT2D eigenvalue weighted by molar-refractivity contribution is 7.45. The van der Waals surface area contributed by atoms with Gasteiger partial charge in [0.2, 0.25) is 5.91 Å². The molecule has 3 amide bonds. The minimum absolute atomic E-state index is 0. The van der Waals surface area contributed by atoms with Gasteiger partial charge in [-0.25, -0.2) is 9.57 Å². The van der Waals surface area contributed by atoms with E-state index in [9.17, 15) is 19.2 Å². The largest absolute Gasteiger partial charge is 0.494 e. The Morgan fingerprint density at radius 1 is 0.333 bits per heavy atom. The Morgan fingerprint density at radius 3 is 0.977 bits per heavy atom. The molecule has 35 heteroatoms. The molecule has 0 atom stereocenters. The fourth-order valence-corrected chi connectivity index (χ4v) is 14.2. The number of carbonyl (C=O) groups excluding carboxylic acids is 4. The number of hydrogen-bond donors (Lipinski definition) is 3. The normalized spacial score (nSPS) is 12.8. The fourth-order valence-electron chi connectivity index (χ4n) is 14.2. The number of hydrogen-bond acceptors (Lipinski definition) is 33. The van der Waals surface area contributed by atoms with Crippen LogP contribution < -0.4 is 16.2 Å². The van der Waals surface area contributed by atoms with E-state index < -0.39 is 23.2 Å². The van der Waals surface area contributed by atoms with Gasteiger partial charge in [-0.3, -0.25) is 14.4 Å². The number of amides is 3. The molecule has 2 aliphatic carbocycles. The highest BCUT2D eigenvalue weighted by atomic mass is 32.1. The Bertz CT molecular complexity index is 3670. The van der Waals surface area contributed by atoms with E-state index >= 15 is 0 Å². The van der Waals surface area contributed by atoms with E-state index in [0.29, 0.717) is 335 Å². The summed E-state index contributed by atoms with van der Waals surface area (Å²) < 4.78 is 146. The summed E-state index contributed by atoms with van der Waals surface area (Å²) in [5, 5.41) is 3.30. The van der Waals surface area contributed by atoms with Crippen LogP contribution in [0.3, 0.4) is 0 Å². The van der Waals surface area contributed by atoms with Crippen molar-refractivity contribution in [2.24, 2.45) is 0 Å². The van der Waals surface area contributed by atoms with E-state index in [4.69, 9.17) is 128 Å². The lowest BCUT2D eigenvalue weighted by Crippen LogP contribution is -2.32. The molecule has 0 unspecified atom stereocenters. The van der Waals surface area contributed by atoms with Crippen LogP contribution in [0.15, 0.2) is 103 Å². The summed E-state index contributed by atoms with van der Waals surface area (Å²) in [6.45, 7) is 23.1. The standard InChI is InChI=1S/C96H142N2O30.CH4.HNS.H3N/c1-103-31-33-107-39-41-111-47-49-115-55-57-119-63-65-123-71-73-125-69-67-121-61-59-117-53-51-113-45-43-109-37-35-105-28-7-25-96(26-8-29-106-36-38-110-44-46-114-52-54-118-60-62-122-68-70-126-74-72-124-66-64-120-58-56-116-50-48-112-42-40-108-34-32-104-2)90-77-81(14-19-88(90)89-20-15-82(78-91(89)96)80-13-18-87-84(75-80)76-83-9-3-4-10-86(83)87)79-11-16-85(17-12-79)127-30-6-5-27-97-92(99)21-24-95(102)128-98-93(100)22-23-94(98)101;;1-2;/h3-4,9-20,75,77-78H,5-8,21-74,76H2,1-2H3,(H,97,99);1H4;1H;1H3. The van der Waals surface area contributed by atoms with Gasteiger partial charge in [0.05, 0.1) is 304 Å². The first-order valence-corrected chi connectivity index (χ1v) is 46.1. The lowest BCUT2D eigenvalue weighted by molar-refractivity contribution is -0.197. The molecule has 1 aliphatic heterocycles. The molecular formula is C97H150N4O30S. The zero-order chi connectivity index (χ0) is 91.7. The Morgan fingerprint density at radius 2 is 0.629 bits per heavy atom. The van der Waals surface area contributed by atoms with Gasteiger partial charge in [0, 0.05) is 71.1 Å². The van der Waals surface area contributed by atoms with E-state index in [-0.39, 0.29) is 45.2 Å². The molecule has 0 saturated carbocycles. The second-order valence-corrected chi connectivity index (χ2v) is 29.9.